The number of nitrogens with one attached hydrogen (secondary N) is 1. The molecule has 13 heavy (non-hydrogen) atoms. The lowest BCUT2D eigenvalue weighted by Crippen LogP contribution is -2.19. The zero-order valence-corrected chi connectivity index (χ0v) is 7.61. The molecule has 0 unspecified atom stereocenters. The van der Waals surface area contributed by atoms with Crippen LogP contribution in [0.1, 0.15) is 5.82 Å². The second kappa shape index (κ2) is 3.87. The predicted octanol–water partition coefficient (Wildman–Crippen LogP) is -0.936. The van der Waals surface area contributed by atoms with Gasteiger partial charge < -0.3 is 0 Å². The van der Waals surface area contributed by atoms with Gasteiger partial charge in [-0.1, -0.05) is 0 Å². The van der Waals surface area contributed by atoms with Gasteiger partial charge in [0, 0.05) is 7.05 Å². The minimum absolute atomic E-state index is 0.236. The van der Waals surface area contributed by atoms with Crippen molar-refractivity contribution in [3.8, 4) is 6.07 Å². The van der Waals surface area contributed by atoms with Crippen molar-refractivity contribution in [3.63, 3.8) is 0 Å². The molecule has 0 saturated heterocycles. The van der Waals surface area contributed by atoms with Gasteiger partial charge in [0.05, 0.1) is 19.2 Å². The van der Waals surface area contributed by atoms with E-state index in [-0.39, 0.29) is 5.69 Å². The van der Waals surface area contributed by atoms with Gasteiger partial charge in [0.15, 0.2) is 0 Å². The standard InChI is InChI=1S/C7H11N5O/c1-11(4-3-8)5-6-9-7(13)12(2)10-6/h4-5H2,1-2H3,(H,9,10,13). The molecule has 1 aromatic rings. The monoisotopic (exact) mass is 181 g/mol. The zero-order valence-electron chi connectivity index (χ0n) is 7.61. The normalized spacial score (nSPS) is 10.3. The molecule has 1 N–H and O–H groups in total. The highest BCUT2D eigenvalue weighted by molar-refractivity contribution is 4.84. The van der Waals surface area contributed by atoms with Crippen LogP contribution in [-0.2, 0) is 13.6 Å². The van der Waals surface area contributed by atoms with Crippen LogP contribution in [0.3, 0.4) is 0 Å². The third-order valence-corrected chi connectivity index (χ3v) is 1.58. The summed E-state index contributed by atoms with van der Waals surface area (Å²) in [5.41, 5.74) is -0.236. The van der Waals surface area contributed by atoms with Crippen LogP contribution in [0, 0.1) is 11.3 Å². The lowest BCUT2D eigenvalue weighted by molar-refractivity contribution is 0.356. The number of hydrogen-bond acceptors (Lipinski definition) is 4. The van der Waals surface area contributed by atoms with Crippen molar-refractivity contribution < 1.29 is 0 Å². The first kappa shape index (κ1) is 9.48. The molecular weight excluding hydrogens is 170 g/mol. The van der Waals surface area contributed by atoms with Gasteiger partial charge in [-0.25, -0.2) is 9.48 Å². The molecular formula is C7H11N5O. The molecule has 0 aliphatic rings. The van der Waals surface area contributed by atoms with Crippen molar-refractivity contribution >= 4 is 0 Å². The summed E-state index contributed by atoms with van der Waals surface area (Å²) >= 11 is 0. The number of aromatic nitrogens is 3. The van der Waals surface area contributed by atoms with Gasteiger partial charge in [-0.05, 0) is 7.05 Å². The first-order valence-corrected chi connectivity index (χ1v) is 3.81. The summed E-state index contributed by atoms with van der Waals surface area (Å²) in [5, 5.41) is 12.3. The van der Waals surface area contributed by atoms with Gasteiger partial charge >= 0.3 is 5.69 Å². The molecule has 0 aromatic carbocycles. The van der Waals surface area contributed by atoms with Gasteiger partial charge in [0.1, 0.15) is 5.82 Å². The number of rotatable bonds is 3. The van der Waals surface area contributed by atoms with Crippen molar-refractivity contribution in [3.05, 3.63) is 16.3 Å². The number of hydrogen-bond donors (Lipinski definition) is 1. The topological polar surface area (TPSA) is 77.7 Å². The molecule has 1 aromatic heterocycles. The molecule has 1 heterocycles. The summed E-state index contributed by atoms with van der Waals surface area (Å²) in [4.78, 5) is 15.3. The first-order valence-electron chi connectivity index (χ1n) is 3.81. The second-order valence-electron chi connectivity index (χ2n) is 2.83. The third-order valence-electron chi connectivity index (χ3n) is 1.58. The molecule has 0 spiro atoms. The zero-order chi connectivity index (χ0) is 9.84. The lowest BCUT2D eigenvalue weighted by atomic mass is 10.5. The van der Waals surface area contributed by atoms with E-state index in [0.29, 0.717) is 18.9 Å². The number of nitriles is 1. The Kier molecular flexibility index (Phi) is 2.82. The number of nitrogens with zero attached hydrogens (tertiary/aromatic N) is 4. The maximum Gasteiger partial charge on any atom is 0.343 e. The number of aromatic amines is 1. The van der Waals surface area contributed by atoms with Crippen molar-refractivity contribution in [1.82, 2.24) is 19.7 Å². The lowest BCUT2D eigenvalue weighted by Gasteiger charge is -2.08. The summed E-state index contributed by atoms with van der Waals surface area (Å²) in [5.74, 6) is 0.574. The highest BCUT2D eigenvalue weighted by Gasteiger charge is 2.04. The molecule has 0 amide bonds. The van der Waals surface area contributed by atoms with Crippen LogP contribution in [0.25, 0.3) is 0 Å². The van der Waals surface area contributed by atoms with E-state index in [9.17, 15) is 4.79 Å². The maximum atomic E-state index is 10.9. The van der Waals surface area contributed by atoms with Crippen molar-refractivity contribution in [2.75, 3.05) is 13.6 Å². The van der Waals surface area contributed by atoms with Crippen LogP contribution in [0.5, 0.6) is 0 Å². The Balaban J connectivity index is 2.65. The van der Waals surface area contributed by atoms with E-state index in [1.54, 1.807) is 19.0 Å². The minimum Gasteiger partial charge on any atom is -0.292 e. The third kappa shape index (κ3) is 2.42. The Morgan fingerprint density at radius 1 is 1.77 bits per heavy atom. The quantitative estimate of drug-likeness (QED) is 0.611. The van der Waals surface area contributed by atoms with Crippen LogP contribution >= 0.6 is 0 Å². The van der Waals surface area contributed by atoms with Crippen LogP contribution in [0.15, 0.2) is 4.79 Å². The Morgan fingerprint density at radius 3 is 2.92 bits per heavy atom. The first-order chi connectivity index (χ1) is 6.13. The summed E-state index contributed by atoms with van der Waals surface area (Å²) in [6, 6.07) is 2.01. The van der Waals surface area contributed by atoms with E-state index < -0.39 is 0 Å². The van der Waals surface area contributed by atoms with Crippen LogP contribution in [-0.4, -0.2) is 33.3 Å². The number of H-pyrrole nitrogens is 1. The van der Waals surface area contributed by atoms with Crippen LogP contribution < -0.4 is 5.69 Å². The van der Waals surface area contributed by atoms with Crippen LogP contribution in [0.2, 0.25) is 0 Å². The maximum absolute atomic E-state index is 10.9. The average molecular weight is 181 g/mol. The Morgan fingerprint density at radius 2 is 2.46 bits per heavy atom. The van der Waals surface area contributed by atoms with E-state index in [1.165, 1.54) is 4.68 Å². The fourth-order valence-electron chi connectivity index (χ4n) is 0.959. The Hall–Kier alpha value is -1.61. The molecule has 0 atom stereocenters. The molecule has 0 aliphatic carbocycles. The van der Waals surface area contributed by atoms with E-state index in [4.69, 9.17) is 5.26 Å². The van der Waals surface area contributed by atoms with E-state index in [2.05, 4.69) is 10.1 Å². The van der Waals surface area contributed by atoms with Gasteiger partial charge in [0.2, 0.25) is 0 Å². The van der Waals surface area contributed by atoms with E-state index >= 15 is 0 Å². The van der Waals surface area contributed by atoms with Crippen LogP contribution in [0.4, 0.5) is 0 Å². The summed E-state index contributed by atoms with van der Waals surface area (Å²) < 4.78 is 1.23. The molecule has 6 nitrogen and oxygen atoms in total. The summed E-state index contributed by atoms with van der Waals surface area (Å²) in [7, 11) is 3.36. The molecule has 6 heteroatoms. The van der Waals surface area contributed by atoms with Gasteiger partial charge in [-0.2, -0.15) is 10.4 Å². The molecule has 0 fully saturated rings. The Bertz CT molecular complexity index is 371. The molecule has 1 rings (SSSR count). The summed E-state index contributed by atoms with van der Waals surface area (Å²) in [6.07, 6.45) is 0. The van der Waals surface area contributed by atoms with Gasteiger partial charge in [-0.15, -0.1) is 0 Å². The molecule has 0 bridgehead atoms. The van der Waals surface area contributed by atoms with E-state index in [0.717, 1.165) is 0 Å². The van der Waals surface area contributed by atoms with Crippen molar-refractivity contribution in [2.45, 2.75) is 6.54 Å². The van der Waals surface area contributed by atoms with Gasteiger partial charge in [0.25, 0.3) is 0 Å². The minimum atomic E-state index is -0.236. The Labute approximate surface area is 75.4 Å². The second-order valence-corrected chi connectivity index (χ2v) is 2.83. The average Bonchev–Trinajstić information content (AvgIpc) is 2.31. The molecule has 0 radical (unpaired) electrons. The van der Waals surface area contributed by atoms with Crippen molar-refractivity contribution in [2.24, 2.45) is 7.05 Å². The fraction of sp³-hybridized carbons (Fsp3) is 0.571. The number of aryl methyl sites for hydroxylation is 1. The largest absolute Gasteiger partial charge is 0.343 e. The molecule has 70 valence electrons. The highest BCUT2D eigenvalue weighted by atomic mass is 16.1. The molecule has 0 saturated carbocycles. The van der Waals surface area contributed by atoms with E-state index in [1.807, 2.05) is 6.07 Å². The fourth-order valence-corrected chi connectivity index (χ4v) is 0.959. The SMILES string of the molecule is CN(CC#N)Cc1nn(C)c(=O)[nH]1. The molecule has 0 aliphatic heterocycles. The van der Waals surface area contributed by atoms with Crippen molar-refractivity contribution in [1.29, 1.82) is 5.26 Å². The summed E-state index contributed by atoms with van der Waals surface area (Å²) in [6.45, 7) is 0.794. The highest BCUT2D eigenvalue weighted by Crippen LogP contribution is 1.91. The predicted molar refractivity (Wildman–Crippen MR) is 45.8 cm³/mol. The van der Waals surface area contributed by atoms with Gasteiger partial charge in [-0.3, -0.25) is 9.88 Å². The smallest absolute Gasteiger partial charge is 0.292 e.